The van der Waals surface area contributed by atoms with E-state index in [2.05, 4.69) is 77.9 Å². The highest BCUT2D eigenvalue weighted by Crippen LogP contribution is 2.27. The number of fused-ring (bicyclic) bond motifs is 1. The lowest BCUT2D eigenvalue weighted by Crippen LogP contribution is -1.94. The van der Waals surface area contributed by atoms with E-state index in [1.807, 2.05) is 0 Å². The molecule has 3 rings (SSSR count). The van der Waals surface area contributed by atoms with Crippen LogP contribution in [0.2, 0.25) is 0 Å². The molecule has 2 heteroatoms. The van der Waals surface area contributed by atoms with E-state index >= 15 is 0 Å². The fourth-order valence-corrected chi connectivity index (χ4v) is 3.20. The lowest BCUT2D eigenvalue weighted by molar-refractivity contribution is 1.11. The second-order valence-electron chi connectivity index (χ2n) is 4.53. The largest absolute Gasteiger partial charge is 0.311 e. The van der Waals surface area contributed by atoms with Gasteiger partial charge in [0, 0.05) is 16.6 Å². The van der Waals surface area contributed by atoms with Gasteiger partial charge in [0.15, 0.2) is 4.90 Å². The highest BCUT2D eigenvalue weighted by atomic mass is 32.2. The van der Waals surface area contributed by atoms with Gasteiger partial charge in [-0.3, -0.25) is 0 Å². The van der Waals surface area contributed by atoms with Gasteiger partial charge in [0.1, 0.15) is 12.5 Å². The van der Waals surface area contributed by atoms with E-state index in [-0.39, 0.29) is 10.9 Å². The van der Waals surface area contributed by atoms with Gasteiger partial charge in [0.05, 0.1) is 17.1 Å². The van der Waals surface area contributed by atoms with Crippen molar-refractivity contribution in [1.82, 2.24) is 4.57 Å². The molecule has 0 atom stereocenters. The van der Waals surface area contributed by atoms with Crippen molar-refractivity contribution < 1.29 is 0 Å². The van der Waals surface area contributed by atoms with Crippen LogP contribution < -0.4 is 0 Å². The molecule has 0 radical (unpaired) electrons. The Kier molecular flexibility index (Phi) is 2.88. The van der Waals surface area contributed by atoms with Crippen LogP contribution in [-0.2, 0) is 10.9 Å². The molecule has 0 aliphatic rings. The van der Waals surface area contributed by atoms with Crippen LogP contribution in [0.4, 0.5) is 0 Å². The van der Waals surface area contributed by atoms with Crippen LogP contribution in [0.1, 0.15) is 0 Å². The first-order chi connectivity index (χ1) is 8.77. The fourth-order valence-electron chi connectivity index (χ4n) is 2.28. The van der Waals surface area contributed by atoms with Crippen LogP contribution in [-0.4, -0.2) is 17.1 Å². The highest BCUT2D eigenvalue weighted by Gasteiger charge is 2.18. The van der Waals surface area contributed by atoms with Gasteiger partial charge in [-0.1, -0.05) is 30.3 Å². The Bertz CT molecular complexity index is 668. The lowest BCUT2D eigenvalue weighted by Gasteiger charge is -2.03. The number of hydrogen-bond donors (Lipinski definition) is 0. The Morgan fingerprint density at radius 1 is 0.833 bits per heavy atom. The minimum Gasteiger partial charge on any atom is -0.311 e. The molecule has 18 heavy (non-hydrogen) atoms. The molecular weight excluding hydrogens is 238 g/mol. The molecule has 0 amide bonds. The smallest absolute Gasteiger partial charge is 0.180 e. The number of para-hydroxylation sites is 2. The van der Waals surface area contributed by atoms with Crippen molar-refractivity contribution in [2.45, 2.75) is 4.90 Å². The number of nitrogens with zero attached hydrogens (tertiary/aromatic N) is 1. The van der Waals surface area contributed by atoms with Crippen LogP contribution in [0.15, 0.2) is 65.7 Å². The Morgan fingerprint density at radius 3 is 2.22 bits per heavy atom. The maximum atomic E-state index is 2.29. The van der Waals surface area contributed by atoms with E-state index in [4.69, 9.17) is 0 Å². The van der Waals surface area contributed by atoms with Gasteiger partial charge < -0.3 is 4.57 Å². The molecule has 0 saturated heterocycles. The summed E-state index contributed by atoms with van der Waals surface area (Å²) in [4.78, 5) is 1.44. The third kappa shape index (κ3) is 1.83. The zero-order chi connectivity index (χ0) is 12.5. The average molecular weight is 254 g/mol. The Balaban J connectivity index is 2.31. The third-order valence-electron chi connectivity index (χ3n) is 3.15. The van der Waals surface area contributed by atoms with Gasteiger partial charge in [-0.05, 0) is 24.3 Å². The summed E-state index contributed by atoms with van der Waals surface area (Å²) in [5.41, 5.74) is 2.52. The quantitative estimate of drug-likeness (QED) is 0.612. The molecule has 0 aliphatic heterocycles. The third-order valence-corrected chi connectivity index (χ3v) is 4.35. The normalized spacial score (nSPS) is 11.3. The molecule has 0 fully saturated rings. The van der Waals surface area contributed by atoms with Crippen molar-refractivity contribution in [3.63, 3.8) is 0 Å². The second-order valence-corrected chi connectivity index (χ2v) is 6.61. The molecule has 2 aromatic carbocycles. The maximum Gasteiger partial charge on any atom is 0.180 e. The molecule has 3 aromatic rings. The van der Waals surface area contributed by atoms with Gasteiger partial charge >= 0.3 is 0 Å². The number of rotatable bonds is 2. The van der Waals surface area contributed by atoms with Crippen molar-refractivity contribution in [1.29, 1.82) is 0 Å². The number of hydrogen-bond acceptors (Lipinski definition) is 0. The van der Waals surface area contributed by atoms with Gasteiger partial charge in [-0.2, -0.15) is 0 Å². The van der Waals surface area contributed by atoms with Crippen molar-refractivity contribution >= 4 is 21.8 Å². The standard InChI is InChI=1S/C16H16NS/c1-18(2)16-12-17(13-8-4-3-5-9-13)15-11-7-6-10-14(15)16/h3-12H,1-2H3/q+1. The van der Waals surface area contributed by atoms with E-state index in [1.54, 1.807) is 0 Å². The first-order valence-corrected chi connectivity index (χ1v) is 8.04. The van der Waals surface area contributed by atoms with E-state index < -0.39 is 0 Å². The van der Waals surface area contributed by atoms with E-state index in [0.717, 1.165) is 0 Å². The molecule has 1 heterocycles. The van der Waals surface area contributed by atoms with Crippen molar-refractivity contribution in [2.24, 2.45) is 0 Å². The van der Waals surface area contributed by atoms with Gasteiger partial charge in [0.2, 0.25) is 0 Å². The number of aromatic nitrogens is 1. The molecule has 1 nitrogen and oxygen atoms in total. The predicted molar refractivity (Wildman–Crippen MR) is 80.8 cm³/mol. The first-order valence-electron chi connectivity index (χ1n) is 6.00. The zero-order valence-electron chi connectivity index (χ0n) is 10.6. The Hall–Kier alpha value is -1.67. The van der Waals surface area contributed by atoms with Crippen LogP contribution in [0.5, 0.6) is 0 Å². The molecule has 0 N–H and O–H groups in total. The average Bonchev–Trinajstić information content (AvgIpc) is 2.79. The second kappa shape index (κ2) is 4.54. The Morgan fingerprint density at radius 2 is 1.50 bits per heavy atom. The summed E-state index contributed by atoms with van der Waals surface area (Å²) in [5, 5.41) is 1.37. The topological polar surface area (TPSA) is 4.93 Å². The summed E-state index contributed by atoms with van der Waals surface area (Å²) < 4.78 is 2.29. The summed E-state index contributed by atoms with van der Waals surface area (Å²) >= 11 is 0. The summed E-state index contributed by atoms with van der Waals surface area (Å²) in [6, 6.07) is 19.2. The van der Waals surface area contributed by atoms with Gasteiger partial charge in [0.25, 0.3) is 0 Å². The zero-order valence-corrected chi connectivity index (χ0v) is 11.4. The van der Waals surface area contributed by atoms with E-state index in [1.165, 1.54) is 21.5 Å². The molecule has 90 valence electrons. The summed E-state index contributed by atoms with van der Waals surface area (Å²) in [6.45, 7) is 0. The molecule has 0 spiro atoms. The lowest BCUT2D eigenvalue weighted by atomic mass is 10.2. The molecule has 0 bridgehead atoms. The minimum atomic E-state index is 0.273. The van der Waals surface area contributed by atoms with Gasteiger partial charge in [-0.25, -0.2) is 0 Å². The summed E-state index contributed by atoms with van der Waals surface area (Å²) in [7, 11) is 0.273. The summed E-state index contributed by atoms with van der Waals surface area (Å²) in [5.74, 6) is 0. The van der Waals surface area contributed by atoms with Crippen LogP contribution >= 0.6 is 0 Å². The molecule has 0 saturated carbocycles. The van der Waals surface area contributed by atoms with Crippen molar-refractivity contribution in [2.75, 3.05) is 12.5 Å². The Labute approximate surface area is 110 Å². The molecular formula is C16H16NS+. The molecule has 1 aromatic heterocycles. The molecule has 0 unspecified atom stereocenters. The highest BCUT2D eigenvalue weighted by molar-refractivity contribution is 7.95. The van der Waals surface area contributed by atoms with Crippen LogP contribution in [0.25, 0.3) is 16.6 Å². The van der Waals surface area contributed by atoms with Crippen LogP contribution in [0, 0.1) is 0 Å². The minimum absolute atomic E-state index is 0.273. The summed E-state index contributed by atoms with van der Waals surface area (Å²) in [6.07, 6.45) is 6.83. The monoisotopic (exact) mass is 254 g/mol. The van der Waals surface area contributed by atoms with E-state index in [0.29, 0.717) is 0 Å². The van der Waals surface area contributed by atoms with E-state index in [9.17, 15) is 0 Å². The number of benzene rings is 2. The van der Waals surface area contributed by atoms with Crippen molar-refractivity contribution in [3.8, 4) is 5.69 Å². The van der Waals surface area contributed by atoms with Crippen LogP contribution in [0.3, 0.4) is 0 Å². The first kappa shape index (κ1) is 11.4. The van der Waals surface area contributed by atoms with Gasteiger partial charge in [-0.15, -0.1) is 0 Å². The maximum absolute atomic E-state index is 2.29. The fraction of sp³-hybridized carbons (Fsp3) is 0.125. The molecule has 0 aliphatic carbocycles. The van der Waals surface area contributed by atoms with Crippen molar-refractivity contribution in [3.05, 3.63) is 60.8 Å². The predicted octanol–water partition coefficient (Wildman–Crippen LogP) is 3.87. The SMILES string of the molecule is C[S+](C)c1cn(-c2ccccc2)c2ccccc12.